The molecule has 1 N–H and O–H groups in total. The molecule has 0 aromatic heterocycles. The number of hydrogen-bond acceptors (Lipinski definition) is 4. The molecule has 1 saturated heterocycles. The number of likely N-dealkylation sites (N-methyl/N-ethyl adjacent to an activating group) is 2. The average Bonchev–Trinajstić information content (AvgIpc) is 3.02. The second-order valence-electron chi connectivity index (χ2n) is 8.12. The van der Waals surface area contributed by atoms with Crippen LogP contribution in [-0.2, 0) is 10.2 Å². The Morgan fingerprint density at radius 3 is 2.76 bits per heavy atom. The van der Waals surface area contributed by atoms with Gasteiger partial charge in [-0.1, -0.05) is 19.4 Å². The summed E-state index contributed by atoms with van der Waals surface area (Å²) in [6.45, 7) is 3.40. The minimum Gasteiger partial charge on any atom is -0.446 e. The summed E-state index contributed by atoms with van der Waals surface area (Å²) in [5.74, 6) is 0. The zero-order valence-corrected chi connectivity index (χ0v) is 15.5. The number of carbonyl (C=O) groups is 1. The summed E-state index contributed by atoms with van der Waals surface area (Å²) in [5.41, 5.74) is 3.42. The molecule has 25 heavy (non-hydrogen) atoms. The maximum atomic E-state index is 12.5. The quantitative estimate of drug-likeness (QED) is 0.883. The molecule has 2 heterocycles. The van der Waals surface area contributed by atoms with Crippen molar-refractivity contribution in [3.8, 4) is 0 Å². The standard InChI is InChI=1S/C20H29N3O2/c1-20-12-13-22(2)18(20)23(3)16-11-7-10-15(17(16)20)21-19(24)25-14-8-5-4-6-9-14/h7,10-11,14,18H,4-6,8-9,12-13H2,1-3H3,(H,21,24)/t18-,20+/m0/s1. The number of anilines is 2. The number of likely N-dealkylation sites (tertiary alicyclic amines) is 1. The third-order valence-corrected chi connectivity index (χ3v) is 6.39. The van der Waals surface area contributed by atoms with E-state index >= 15 is 0 Å². The van der Waals surface area contributed by atoms with Crippen LogP contribution in [0.1, 0.15) is 51.0 Å². The molecule has 5 heteroatoms. The van der Waals surface area contributed by atoms with Crippen molar-refractivity contribution in [1.82, 2.24) is 4.90 Å². The summed E-state index contributed by atoms with van der Waals surface area (Å²) in [4.78, 5) is 17.2. The van der Waals surface area contributed by atoms with Crippen molar-refractivity contribution in [2.75, 3.05) is 30.9 Å². The van der Waals surface area contributed by atoms with Crippen LogP contribution in [-0.4, -0.2) is 43.9 Å². The average molecular weight is 343 g/mol. The van der Waals surface area contributed by atoms with Crippen molar-refractivity contribution in [3.05, 3.63) is 23.8 Å². The van der Waals surface area contributed by atoms with Gasteiger partial charge in [0.15, 0.2) is 0 Å². The fourth-order valence-electron chi connectivity index (χ4n) is 5.27. The molecule has 4 rings (SSSR count). The van der Waals surface area contributed by atoms with E-state index in [2.05, 4.69) is 42.2 Å². The Labute approximate surface area is 150 Å². The van der Waals surface area contributed by atoms with Crippen molar-refractivity contribution < 1.29 is 9.53 Å². The SMILES string of the molecule is CN1CC[C@]2(C)c3c(NC(=O)OC4CCCCC4)cccc3N(C)[C@H]12. The fraction of sp³-hybridized carbons (Fsp3) is 0.650. The molecule has 136 valence electrons. The molecule has 1 aliphatic carbocycles. The number of rotatable bonds is 2. The largest absolute Gasteiger partial charge is 0.446 e. The Kier molecular flexibility index (Phi) is 4.14. The van der Waals surface area contributed by atoms with Gasteiger partial charge in [-0.15, -0.1) is 0 Å². The van der Waals surface area contributed by atoms with Gasteiger partial charge in [-0.3, -0.25) is 10.2 Å². The van der Waals surface area contributed by atoms with Gasteiger partial charge in [0, 0.05) is 35.9 Å². The lowest BCUT2D eigenvalue weighted by molar-refractivity contribution is 0.0865. The molecule has 1 aromatic carbocycles. The molecule has 2 aliphatic heterocycles. The van der Waals surface area contributed by atoms with Crippen LogP contribution in [0, 0.1) is 0 Å². The second-order valence-corrected chi connectivity index (χ2v) is 8.12. The van der Waals surface area contributed by atoms with Crippen LogP contribution in [0.4, 0.5) is 16.2 Å². The van der Waals surface area contributed by atoms with E-state index in [1.165, 1.54) is 17.7 Å². The lowest BCUT2D eigenvalue weighted by Gasteiger charge is -2.32. The van der Waals surface area contributed by atoms with Gasteiger partial charge in [0.25, 0.3) is 0 Å². The van der Waals surface area contributed by atoms with Gasteiger partial charge in [-0.25, -0.2) is 4.79 Å². The highest BCUT2D eigenvalue weighted by atomic mass is 16.6. The Balaban J connectivity index is 1.57. The van der Waals surface area contributed by atoms with E-state index < -0.39 is 0 Å². The van der Waals surface area contributed by atoms with Crippen LogP contribution >= 0.6 is 0 Å². The van der Waals surface area contributed by atoms with Crippen LogP contribution in [0.5, 0.6) is 0 Å². The number of ether oxygens (including phenoxy) is 1. The molecule has 1 saturated carbocycles. The highest BCUT2D eigenvalue weighted by Gasteiger charge is 2.53. The van der Waals surface area contributed by atoms with Gasteiger partial charge in [-0.2, -0.15) is 0 Å². The van der Waals surface area contributed by atoms with Gasteiger partial charge in [0.1, 0.15) is 6.10 Å². The molecule has 0 radical (unpaired) electrons. The summed E-state index contributed by atoms with van der Waals surface area (Å²) in [7, 11) is 4.34. The second kappa shape index (κ2) is 6.20. The van der Waals surface area contributed by atoms with Crippen LogP contribution < -0.4 is 10.2 Å². The van der Waals surface area contributed by atoms with E-state index in [4.69, 9.17) is 4.74 Å². The molecule has 1 aromatic rings. The maximum absolute atomic E-state index is 12.5. The first-order chi connectivity index (χ1) is 12.0. The molecule has 3 aliphatic rings. The number of benzene rings is 1. The summed E-state index contributed by atoms with van der Waals surface area (Å²) in [6, 6.07) is 6.20. The first-order valence-corrected chi connectivity index (χ1v) is 9.55. The lowest BCUT2D eigenvalue weighted by atomic mass is 9.80. The number of fused-ring (bicyclic) bond motifs is 3. The van der Waals surface area contributed by atoms with E-state index in [1.807, 2.05) is 12.1 Å². The van der Waals surface area contributed by atoms with Gasteiger partial charge < -0.3 is 9.64 Å². The number of hydrogen-bond donors (Lipinski definition) is 1. The van der Waals surface area contributed by atoms with Gasteiger partial charge >= 0.3 is 6.09 Å². The molecule has 2 atom stereocenters. The van der Waals surface area contributed by atoms with E-state index in [0.717, 1.165) is 44.3 Å². The monoisotopic (exact) mass is 343 g/mol. The summed E-state index contributed by atoms with van der Waals surface area (Å²) in [6.07, 6.45) is 6.79. The molecule has 5 nitrogen and oxygen atoms in total. The predicted octanol–water partition coefficient (Wildman–Crippen LogP) is 3.94. The Bertz CT molecular complexity index is 671. The Morgan fingerprint density at radius 1 is 1.24 bits per heavy atom. The van der Waals surface area contributed by atoms with Crippen molar-refractivity contribution in [2.45, 2.75) is 63.1 Å². The van der Waals surface area contributed by atoms with Crippen molar-refractivity contribution in [2.24, 2.45) is 0 Å². The topological polar surface area (TPSA) is 44.8 Å². The van der Waals surface area contributed by atoms with Gasteiger partial charge in [0.2, 0.25) is 0 Å². The zero-order valence-electron chi connectivity index (χ0n) is 15.5. The molecular weight excluding hydrogens is 314 g/mol. The predicted molar refractivity (Wildman–Crippen MR) is 100 cm³/mol. The molecule has 1 amide bonds. The lowest BCUT2D eigenvalue weighted by Crippen LogP contribution is -2.45. The van der Waals surface area contributed by atoms with Crippen LogP contribution in [0.3, 0.4) is 0 Å². The molecule has 0 spiro atoms. The zero-order chi connectivity index (χ0) is 17.6. The minimum absolute atomic E-state index is 0.0353. The number of nitrogens with one attached hydrogen (secondary N) is 1. The number of carbonyl (C=O) groups excluding carboxylic acids is 1. The Morgan fingerprint density at radius 2 is 2.00 bits per heavy atom. The van der Waals surface area contributed by atoms with Crippen molar-refractivity contribution >= 4 is 17.5 Å². The summed E-state index contributed by atoms with van der Waals surface area (Å²) < 4.78 is 5.67. The van der Waals surface area contributed by atoms with Crippen LogP contribution in [0.15, 0.2) is 18.2 Å². The number of amides is 1. The highest BCUT2D eigenvalue weighted by molar-refractivity contribution is 5.89. The third kappa shape index (κ3) is 2.69. The van der Waals surface area contributed by atoms with E-state index in [-0.39, 0.29) is 17.6 Å². The molecule has 0 unspecified atom stereocenters. The molecular formula is C20H29N3O2. The van der Waals surface area contributed by atoms with Crippen LogP contribution in [0.2, 0.25) is 0 Å². The van der Waals surface area contributed by atoms with E-state index in [0.29, 0.717) is 6.17 Å². The fourth-order valence-corrected chi connectivity index (χ4v) is 5.27. The maximum Gasteiger partial charge on any atom is 0.411 e. The van der Waals surface area contributed by atoms with Crippen molar-refractivity contribution in [1.29, 1.82) is 0 Å². The molecule has 2 fully saturated rings. The minimum atomic E-state index is -0.304. The first kappa shape index (κ1) is 16.7. The Hall–Kier alpha value is -1.75. The van der Waals surface area contributed by atoms with Crippen LogP contribution in [0.25, 0.3) is 0 Å². The summed E-state index contributed by atoms with van der Waals surface area (Å²) in [5, 5.41) is 3.06. The van der Waals surface area contributed by atoms with Gasteiger partial charge in [-0.05, 0) is 51.3 Å². The van der Waals surface area contributed by atoms with Gasteiger partial charge in [0.05, 0.1) is 6.17 Å². The molecule has 0 bridgehead atoms. The smallest absolute Gasteiger partial charge is 0.411 e. The number of nitrogens with zero attached hydrogens (tertiary/aromatic N) is 2. The summed E-state index contributed by atoms with van der Waals surface area (Å²) >= 11 is 0. The van der Waals surface area contributed by atoms with E-state index in [9.17, 15) is 4.79 Å². The van der Waals surface area contributed by atoms with Crippen molar-refractivity contribution in [3.63, 3.8) is 0 Å². The first-order valence-electron chi connectivity index (χ1n) is 9.55. The highest BCUT2D eigenvalue weighted by Crippen LogP contribution is 2.53. The normalized spacial score (nSPS) is 29.4. The van der Waals surface area contributed by atoms with E-state index in [1.54, 1.807) is 0 Å². The third-order valence-electron chi connectivity index (χ3n) is 6.39.